The normalized spacial score (nSPS) is 16.2. The van der Waals surface area contributed by atoms with Crippen LogP contribution >= 0.6 is 0 Å². The van der Waals surface area contributed by atoms with Crippen molar-refractivity contribution in [2.75, 3.05) is 18.5 Å². The average molecular weight is 379 g/mol. The van der Waals surface area contributed by atoms with E-state index in [9.17, 15) is 9.59 Å². The minimum atomic E-state index is -0.286. The number of Topliss-reactive ketones (excluding diaryl/α,β-unsaturated/α-hetero) is 1. The van der Waals surface area contributed by atoms with Crippen LogP contribution in [0.4, 0.5) is 5.69 Å². The van der Waals surface area contributed by atoms with Gasteiger partial charge in [-0.15, -0.1) is 0 Å². The lowest BCUT2D eigenvalue weighted by molar-refractivity contribution is -0.118. The molecule has 1 unspecified atom stereocenters. The van der Waals surface area contributed by atoms with Gasteiger partial charge in [-0.25, -0.2) is 4.98 Å². The number of benzene rings is 2. The molecule has 1 atom stereocenters. The standard InChI is InChI=1S/C21H21N3O4/c1-13(25)14-4-2-5-16(10-14)28-12-20(26)22-15-7-8-17-18(11-15)24-21(23-17)19-6-3-9-27-19/h2,4-5,7-8,10-11,19H,3,6,9,12H2,1H3,(H,22,26)(H,23,24). The third-order valence-corrected chi connectivity index (χ3v) is 4.63. The monoisotopic (exact) mass is 379 g/mol. The number of nitrogens with zero attached hydrogens (tertiary/aromatic N) is 1. The minimum Gasteiger partial charge on any atom is -0.484 e. The Hall–Kier alpha value is -3.19. The number of carbonyl (C=O) groups excluding carboxylic acids is 2. The summed E-state index contributed by atoms with van der Waals surface area (Å²) in [5, 5.41) is 2.81. The van der Waals surface area contributed by atoms with E-state index in [1.54, 1.807) is 30.3 Å². The molecule has 1 saturated heterocycles. The summed E-state index contributed by atoms with van der Waals surface area (Å²) < 4.78 is 11.1. The first-order chi connectivity index (χ1) is 13.6. The molecule has 144 valence electrons. The van der Waals surface area contributed by atoms with Crippen LogP contribution in [-0.4, -0.2) is 34.9 Å². The summed E-state index contributed by atoms with van der Waals surface area (Å²) in [6.07, 6.45) is 2.02. The molecule has 2 N–H and O–H groups in total. The van der Waals surface area contributed by atoms with Gasteiger partial charge in [-0.2, -0.15) is 0 Å². The molecule has 3 aromatic rings. The van der Waals surface area contributed by atoms with E-state index in [2.05, 4.69) is 15.3 Å². The molecule has 1 aliphatic rings. The van der Waals surface area contributed by atoms with E-state index in [0.717, 1.165) is 36.3 Å². The fourth-order valence-corrected chi connectivity index (χ4v) is 3.20. The summed E-state index contributed by atoms with van der Waals surface area (Å²) in [5.74, 6) is 0.967. The molecule has 7 nitrogen and oxygen atoms in total. The lowest BCUT2D eigenvalue weighted by atomic mass is 10.1. The number of nitrogens with one attached hydrogen (secondary N) is 2. The Labute approximate surface area is 162 Å². The van der Waals surface area contributed by atoms with Crippen LogP contribution in [0.3, 0.4) is 0 Å². The molecule has 0 aliphatic carbocycles. The quantitative estimate of drug-likeness (QED) is 0.638. The van der Waals surface area contributed by atoms with Crippen molar-refractivity contribution in [2.24, 2.45) is 0 Å². The van der Waals surface area contributed by atoms with Gasteiger partial charge < -0.3 is 19.8 Å². The summed E-state index contributed by atoms with van der Waals surface area (Å²) in [6.45, 7) is 2.10. The van der Waals surface area contributed by atoms with Crippen LogP contribution in [0.25, 0.3) is 11.0 Å². The van der Waals surface area contributed by atoms with Crippen molar-refractivity contribution in [1.82, 2.24) is 9.97 Å². The van der Waals surface area contributed by atoms with Crippen LogP contribution in [-0.2, 0) is 9.53 Å². The Balaban J connectivity index is 1.39. The molecule has 1 aliphatic heterocycles. The molecule has 0 radical (unpaired) electrons. The van der Waals surface area contributed by atoms with Gasteiger partial charge in [0.2, 0.25) is 0 Å². The molecule has 0 bridgehead atoms. The SMILES string of the molecule is CC(=O)c1cccc(OCC(=O)Nc2ccc3nc(C4CCCO4)[nH]c3c2)c1. The topological polar surface area (TPSA) is 93.3 Å². The number of rotatable bonds is 6. The molecule has 2 heterocycles. The first-order valence-electron chi connectivity index (χ1n) is 9.23. The van der Waals surface area contributed by atoms with Crippen LogP contribution in [0.15, 0.2) is 42.5 Å². The number of hydrogen-bond acceptors (Lipinski definition) is 5. The maximum absolute atomic E-state index is 12.2. The highest BCUT2D eigenvalue weighted by molar-refractivity contribution is 5.95. The number of imidazole rings is 1. The van der Waals surface area contributed by atoms with Gasteiger partial charge in [0.25, 0.3) is 5.91 Å². The van der Waals surface area contributed by atoms with Crippen molar-refractivity contribution >= 4 is 28.4 Å². The number of aromatic amines is 1. The molecule has 28 heavy (non-hydrogen) atoms. The zero-order chi connectivity index (χ0) is 19.5. The first kappa shape index (κ1) is 18.2. The molecule has 0 spiro atoms. The maximum Gasteiger partial charge on any atom is 0.262 e. The van der Waals surface area contributed by atoms with E-state index < -0.39 is 0 Å². The van der Waals surface area contributed by atoms with Crippen LogP contribution in [0, 0.1) is 0 Å². The van der Waals surface area contributed by atoms with Crippen molar-refractivity contribution in [3.05, 3.63) is 53.9 Å². The van der Waals surface area contributed by atoms with Crippen LogP contribution in [0.5, 0.6) is 5.75 Å². The van der Waals surface area contributed by atoms with Gasteiger partial charge >= 0.3 is 0 Å². The van der Waals surface area contributed by atoms with Crippen molar-refractivity contribution in [3.8, 4) is 5.75 Å². The van der Waals surface area contributed by atoms with Gasteiger partial charge in [-0.05, 0) is 50.1 Å². The molecule has 1 fully saturated rings. The van der Waals surface area contributed by atoms with Crippen molar-refractivity contribution < 1.29 is 19.1 Å². The Morgan fingerprint density at radius 1 is 1.29 bits per heavy atom. The largest absolute Gasteiger partial charge is 0.484 e. The molecule has 4 rings (SSSR count). The molecular weight excluding hydrogens is 358 g/mol. The summed E-state index contributed by atoms with van der Waals surface area (Å²) in [5.41, 5.74) is 2.88. The summed E-state index contributed by atoms with van der Waals surface area (Å²) >= 11 is 0. The Morgan fingerprint density at radius 2 is 2.18 bits per heavy atom. The van der Waals surface area contributed by atoms with Gasteiger partial charge in [-0.1, -0.05) is 12.1 Å². The molecule has 1 aromatic heterocycles. The Bertz CT molecular complexity index is 1020. The second kappa shape index (κ2) is 7.82. The zero-order valence-corrected chi connectivity index (χ0v) is 15.5. The van der Waals surface area contributed by atoms with E-state index in [1.807, 2.05) is 12.1 Å². The first-order valence-corrected chi connectivity index (χ1v) is 9.23. The number of hydrogen-bond donors (Lipinski definition) is 2. The smallest absolute Gasteiger partial charge is 0.262 e. The molecule has 0 saturated carbocycles. The fraction of sp³-hybridized carbons (Fsp3) is 0.286. The van der Waals surface area contributed by atoms with Crippen LogP contribution in [0.2, 0.25) is 0 Å². The highest BCUT2D eigenvalue weighted by Crippen LogP contribution is 2.28. The van der Waals surface area contributed by atoms with E-state index in [0.29, 0.717) is 17.0 Å². The number of carbonyl (C=O) groups is 2. The average Bonchev–Trinajstić information content (AvgIpc) is 3.35. The predicted octanol–water partition coefficient (Wildman–Crippen LogP) is 3.63. The molecule has 2 aromatic carbocycles. The number of H-pyrrole nitrogens is 1. The zero-order valence-electron chi connectivity index (χ0n) is 15.5. The summed E-state index contributed by atoms with van der Waals surface area (Å²) in [6, 6.07) is 12.3. The Morgan fingerprint density at radius 3 is 2.96 bits per heavy atom. The summed E-state index contributed by atoms with van der Waals surface area (Å²) in [7, 11) is 0. The number of anilines is 1. The highest BCUT2D eigenvalue weighted by atomic mass is 16.5. The number of fused-ring (bicyclic) bond motifs is 1. The van der Waals surface area contributed by atoms with Gasteiger partial charge in [0.1, 0.15) is 17.7 Å². The Kier molecular flexibility index (Phi) is 5.08. The molecule has 7 heteroatoms. The van der Waals surface area contributed by atoms with Crippen LogP contribution in [0.1, 0.15) is 42.1 Å². The predicted molar refractivity (Wildman–Crippen MR) is 105 cm³/mol. The van der Waals surface area contributed by atoms with Crippen molar-refractivity contribution in [2.45, 2.75) is 25.9 Å². The van der Waals surface area contributed by atoms with Gasteiger partial charge in [0.15, 0.2) is 12.4 Å². The lowest BCUT2D eigenvalue weighted by Gasteiger charge is -2.08. The highest BCUT2D eigenvalue weighted by Gasteiger charge is 2.21. The van der Waals surface area contributed by atoms with E-state index in [-0.39, 0.29) is 24.4 Å². The van der Waals surface area contributed by atoms with Crippen molar-refractivity contribution in [3.63, 3.8) is 0 Å². The van der Waals surface area contributed by atoms with E-state index in [4.69, 9.17) is 9.47 Å². The van der Waals surface area contributed by atoms with Gasteiger partial charge in [-0.3, -0.25) is 9.59 Å². The van der Waals surface area contributed by atoms with Crippen LogP contribution < -0.4 is 10.1 Å². The van der Waals surface area contributed by atoms with E-state index >= 15 is 0 Å². The minimum absolute atomic E-state index is 0.0182. The summed E-state index contributed by atoms with van der Waals surface area (Å²) in [4.78, 5) is 31.5. The van der Waals surface area contributed by atoms with Gasteiger partial charge in [0.05, 0.1) is 11.0 Å². The maximum atomic E-state index is 12.2. The number of amides is 1. The lowest BCUT2D eigenvalue weighted by Crippen LogP contribution is -2.20. The molecular formula is C21H21N3O4. The number of ether oxygens (including phenoxy) is 2. The molecule has 1 amide bonds. The number of aromatic nitrogens is 2. The second-order valence-electron chi connectivity index (χ2n) is 6.78. The van der Waals surface area contributed by atoms with Gasteiger partial charge in [0, 0.05) is 17.9 Å². The fourth-order valence-electron chi connectivity index (χ4n) is 3.20. The third kappa shape index (κ3) is 4.04. The van der Waals surface area contributed by atoms with E-state index in [1.165, 1.54) is 6.92 Å². The van der Waals surface area contributed by atoms with Crippen molar-refractivity contribution in [1.29, 1.82) is 0 Å². The number of ketones is 1. The second-order valence-corrected chi connectivity index (χ2v) is 6.78. The third-order valence-electron chi connectivity index (χ3n) is 4.63.